The minimum atomic E-state index is -0.980. The van der Waals surface area contributed by atoms with Crippen LogP contribution in [-0.2, 0) is 4.79 Å². The molecule has 154 valence electrons. The number of amidine groups is 1. The van der Waals surface area contributed by atoms with Crippen molar-refractivity contribution < 1.29 is 20.5 Å². The molecule has 9 heteroatoms. The predicted molar refractivity (Wildman–Crippen MR) is 119 cm³/mol. The number of halogens is 1. The molecule has 0 bridgehead atoms. The second-order valence-electron chi connectivity index (χ2n) is 6.11. The molecule has 1 heterocycles. The molecule has 4 N–H and O–H groups in total. The van der Waals surface area contributed by atoms with Crippen LogP contribution in [0.2, 0.25) is 0 Å². The Labute approximate surface area is 214 Å². The van der Waals surface area contributed by atoms with Gasteiger partial charge in [0.25, 0.3) is 0 Å². The van der Waals surface area contributed by atoms with Crippen LogP contribution in [0.25, 0.3) is 0 Å². The van der Waals surface area contributed by atoms with Crippen molar-refractivity contribution in [3.05, 3.63) is 0 Å². The van der Waals surface area contributed by atoms with Crippen LogP contribution in [0.4, 0.5) is 0 Å². The maximum absolute atomic E-state index is 9.24. The van der Waals surface area contributed by atoms with Gasteiger partial charge in [-0.2, -0.15) is 0 Å². The Bertz CT molecular complexity index is 351. The number of β-amino-alcohol motifs (C(OH)–C–C–N with tert-alkyl or cyclic N) is 1. The number of aliphatic hydroxyl groups excluding tert-OH is 1. The number of rotatable bonds is 13. The first-order valence-corrected chi connectivity index (χ1v) is 9.86. The molecule has 1 aliphatic rings. The molecule has 0 saturated heterocycles. The van der Waals surface area contributed by atoms with Gasteiger partial charge in [0.1, 0.15) is 5.88 Å². The third-order valence-electron chi connectivity index (χ3n) is 4.02. The van der Waals surface area contributed by atoms with Gasteiger partial charge in [0, 0.05) is 19.5 Å². The number of hydrogen-bond acceptors (Lipinski definition) is 4. The molecule has 0 aromatic heterocycles. The van der Waals surface area contributed by atoms with Gasteiger partial charge in [-0.1, -0.05) is 58.3 Å². The predicted octanol–water partition coefficient (Wildman–Crippen LogP) is 1.80. The van der Waals surface area contributed by atoms with Crippen molar-refractivity contribution in [2.75, 3.05) is 32.1 Å². The molecular weight excluding hydrogens is 390 g/mol. The van der Waals surface area contributed by atoms with Gasteiger partial charge in [-0.25, -0.2) is 0 Å². The van der Waals surface area contributed by atoms with Gasteiger partial charge in [-0.15, -0.1) is 11.6 Å². The van der Waals surface area contributed by atoms with Crippen molar-refractivity contribution in [3.63, 3.8) is 0 Å². The number of carboxylic acids is 1. The summed E-state index contributed by atoms with van der Waals surface area (Å²) in [4.78, 5) is 16.0. The van der Waals surface area contributed by atoms with E-state index in [0.717, 1.165) is 26.1 Å². The summed E-state index contributed by atoms with van der Waals surface area (Å²) in [5, 5.41) is 16.6. The Hall–Kier alpha value is 1.15. The van der Waals surface area contributed by atoms with Crippen LogP contribution in [-0.4, -0.2) is 124 Å². The molecule has 6 nitrogen and oxygen atoms in total. The maximum atomic E-state index is 9.24. The Morgan fingerprint density at radius 3 is 2.00 bits per heavy atom. The number of carbonyl (C=O) groups is 1. The molecule has 1 rings (SSSR count). The van der Waals surface area contributed by atoms with Crippen molar-refractivity contribution in [2.24, 2.45) is 4.99 Å². The SMILES string of the molecule is CCCCCCCCCCCC1=NCCN1CCO.O.O=C(O)CCl.[NaH].[NaH]. The fraction of sp³-hybridized carbons (Fsp3) is 0.889. The topological polar surface area (TPSA) is 105 Å². The number of aliphatic imine (C=N–C) groups is 1. The molecule has 0 spiro atoms. The molecule has 0 radical (unpaired) electrons. The second-order valence-corrected chi connectivity index (χ2v) is 6.38. The average molecular weight is 429 g/mol. The van der Waals surface area contributed by atoms with Gasteiger partial charge >= 0.3 is 65.1 Å². The fourth-order valence-corrected chi connectivity index (χ4v) is 2.72. The fourth-order valence-electron chi connectivity index (χ4n) is 2.72. The Morgan fingerprint density at radius 1 is 1.07 bits per heavy atom. The van der Waals surface area contributed by atoms with E-state index in [0.29, 0.717) is 0 Å². The molecule has 0 fully saturated rings. The van der Waals surface area contributed by atoms with E-state index in [9.17, 15) is 4.79 Å². The van der Waals surface area contributed by atoms with Gasteiger partial charge in [-0.3, -0.25) is 9.79 Å². The Morgan fingerprint density at radius 2 is 1.56 bits per heavy atom. The molecule has 0 aromatic rings. The minimum absolute atomic E-state index is 0. The molecule has 0 unspecified atom stereocenters. The van der Waals surface area contributed by atoms with E-state index in [2.05, 4.69) is 16.8 Å². The molecule has 0 atom stereocenters. The van der Waals surface area contributed by atoms with Crippen LogP contribution in [0.5, 0.6) is 0 Å². The van der Waals surface area contributed by atoms with Gasteiger partial charge in [0.2, 0.25) is 0 Å². The van der Waals surface area contributed by atoms with Crippen molar-refractivity contribution >= 4 is 82.5 Å². The summed E-state index contributed by atoms with van der Waals surface area (Å²) in [6, 6.07) is 0. The molecule has 27 heavy (non-hydrogen) atoms. The van der Waals surface area contributed by atoms with Crippen LogP contribution in [0.3, 0.4) is 0 Å². The molecular formula is C18H39ClN2Na2O4. The zero-order valence-corrected chi connectivity index (χ0v) is 16.4. The summed E-state index contributed by atoms with van der Waals surface area (Å²) in [5.74, 6) is -0.0522. The van der Waals surface area contributed by atoms with Crippen LogP contribution in [0.1, 0.15) is 71.1 Å². The van der Waals surface area contributed by atoms with Crippen LogP contribution < -0.4 is 0 Å². The van der Waals surface area contributed by atoms with E-state index >= 15 is 0 Å². The first-order chi connectivity index (χ1) is 11.7. The van der Waals surface area contributed by atoms with Crippen LogP contribution in [0.15, 0.2) is 4.99 Å². The average Bonchev–Trinajstić information content (AvgIpc) is 3.01. The van der Waals surface area contributed by atoms with Gasteiger partial charge < -0.3 is 20.6 Å². The van der Waals surface area contributed by atoms with E-state index in [1.807, 2.05) is 0 Å². The summed E-state index contributed by atoms with van der Waals surface area (Å²) >= 11 is 4.74. The van der Waals surface area contributed by atoms with Crippen molar-refractivity contribution in [3.8, 4) is 0 Å². The molecule has 1 aliphatic heterocycles. The number of nitrogens with zero attached hydrogens (tertiary/aromatic N) is 2. The van der Waals surface area contributed by atoms with Crippen molar-refractivity contribution in [2.45, 2.75) is 71.1 Å². The van der Waals surface area contributed by atoms with E-state index in [-0.39, 0.29) is 77.1 Å². The number of carboxylic acid groups (broad SMARTS) is 1. The number of aliphatic hydroxyl groups is 1. The zero-order chi connectivity index (χ0) is 18.0. The van der Waals surface area contributed by atoms with E-state index in [4.69, 9.17) is 21.8 Å². The molecule has 0 amide bonds. The Balaban J connectivity index is -0.000000294. The zero-order valence-electron chi connectivity index (χ0n) is 15.7. The number of unbranched alkanes of at least 4 members (excludes halogenated alkanes) is 8. The van der Waals surface area contributed by atoms with E-state index in [1.54, 1.807) is 0 Å². The van der Waals surface area contributed by atoms with E-state index < -0.39 is 5.97 Å². The molecule has 0 aromatic carbocycles. The monoisotopic (exact) mass is 428 g/mol. The molecule has 0 saturated carbocycles. The number of alkyl halides is 1. The van der Waals surface area contributed by atoms with E-state index in [1.165, 1.54) is 63.6 Å². The van der Waals surface area contributed by atoms with Crippen LogP contribution >= 0.6 is 11.6 Å². The quantitative estimate of drug-likeness (QED) is 0.265. The van der Waals surface area contributed by atoms with Crippen LogP contribution in [0, 0.1) is 0 Å². The van der Waals surface area contributed by atoms with Gasteiger partial charge in [0.05, 0.1) is 19.0 Å². The van der Waals surface area contributed by atoms with Gasteiger partial charge in [0.15, 0.2) is 0 Å². The second kappa shape index (κ2) is 27.1. The third kappa shape index (κ3) is 23.3. The summed E-state index contributed by atoms with van der Waals surface area (Å²) in [7, 11) is 0. The normalized spacial score (nSPS) is 12.0. The summed E-state index contributed by atoms with van der Waals surface area (Å²) in [6.07, 6.45) is 13.5. The molecule has 0 aliphatic carbocycles. The summed E-state index contributed by atoms with van der Waals surface area (Å²) in [5.41, 5.74) is 0. The van der Waals surface area contributed by atoms with Crippen molar-refractivity contribution in [1.29, 1.82) is 0 Å². The van der Waals surface area contributed by atoms with Gasteiger partial charge in [-0.05, 0) is 6.42 Å². The first kappa shape index (κ1) is 35.6. The Kier molecular flexibility index (Phi) is 35.8. The van der Waals surface area contributed by atoms with Crippen molar-refractivity contribution in [1.82, 2.24) is 4.90 Å². The third-order valence-corrected chi connectivity index (χ3v) is 4.25. The standard InChI is InChI=1S/C16H32N2O.C2H3ClO2.2Na.H2O.2H/c1-2-3-4-5-6-7-8-9-10-11-16-17-12-13-18(16)14-15-19;3-1-2(4)5;;;;;/h19H,2-15H2,1H3;1H2,(H,4,5);;;1H2;;. The summed E-state index contributed by atoms with van der Waals surface area (Å²) in [6.45, 7) is 5.21. The summed E-state index contributed by atoms with van der Waals surface area (Å²) < 4.78 is 0. The first-order valence-electron chi connectivity index (χ1n) is 9.32. The number of hydrogen-bond donors (Lipinski definition) is 2. The number of aliphatic carboxylic acids is 1.